The van der Waals surface area contributed by atoms with Crippen LogP contribution in [-0.2, 0) is 14.2 Å². The smallest absolute Gasteiger partial charge is 1.00 e. The summed E-state index contributed by atoms with van der Waals surface area (Å²) in [5.41, 5.74) is 0. The molecule has 0 heterocycles. The molecule has 0 atom stereocenters. The fourth-order valence-electron chi connectivity index (χ4n) is 0.671. The monoisotopic (exact) mass is 344 g/mol. The summed E-state index contributed by atoms with van der Waals surface area (Å²) < 4.78 is 15.0. The Labute approximate surface area is 130 Å². The summed E-state index contributed by atoms with van der Waals surface area (Å²) in [6, 6.07) is 0. The van der Waals surface area contributed by atoms with Gasteiger partial charge >= 0.3 is 29.6 Å². The molecule has 0 radical (unpaired) electrons. The normalized spacial score (nSPS) is 9.20. The summed E-state index contributed by atoms with van der Waals surface area (Å²) in [4.78, 5) is 0. The molecular formula is C8H18INaO5. The summed E-state index contributed by atoms with van der Waals surface area (Å²) in [6.07, 6.45) is 0. The molecule has 5 nitrogen and oxygen atoms in total. The van der Waals surface area contributed by atoms with Crippen LogP contribution in [0.3, 0.4) is 0 Å². The molecule has 0 saturated heterocycles. The van der Waals surface area contributed by atoms with Gasteiger partial charge in [-0.1, -0.05) is 0 Å². The summed E-state index contributed by atoms with van der Waals surface area (Å²) in [7, 11) is 0. The van der Waals surface area contributed by atoms with Gasteiger partial charge in [0.1, 0.15) is 0 Å². The predicted octanol–water partition coefficient (Wildman–Crippen LogP) is -6.97. The molecule has 0 aliphatic heterocycles. The largest absolute Gasteiger partial charge is 1.00 e. The van der Waals surface area contributed by atoms with Crippen LogP contribution in [0.5, 0.6) is 0 Å². The Morgan fingerprint density at radius 3 is 1.13 bits per heavy atom. The van der Waals surface area contributed by atoms with Gasteiger partial charge in [-0.3, -0.25) is 0 Å². The average Bonchev–Trinajstić information content (AvgIpc) is 2.16. The van der Waals surface area contributed by atoms with Gasteiger partial charge in [0.2, 0.25) is 0 Å². The van der Waals surface area contributed by atoms with E-state index in [1.165, 1.54) is 0 Å². The predicted molar refractivity (Wildman–Crippen MR) is 46.6 cm³/mol. The van der Waals surface area contributed by atoms with Gasteiger partial charge < -0.3 is 48.4 Å². The average molecular weight is 344 g/mol. The number of aliphatic hydroxyl groups excluding tert-OH is 2. The third kappa shape index (κ3) is 21.4. The molecule has 0 aliphatic rings. The number of hydrogen-bond donors (Lipinski definition) is 2. The van der Waals surface area contributed by atoms with Crippen molar-refractivity contribution in [2.45, 2.75) is 0 Å². The van der Waals surface area contributed by atoms with Crippen LogP contribution < -0.4 is 53.5 Å². The van der Waals surface area contributed by atoms with E-state index >= 15 is 0 Å². The third-order valence-electron chi connectivity index (χ3n) is 1.22. The molecule has 15 heavy (non-hydrogen) atoms. The Kier molecular flexibility index (Phi) is 30.3. The van der Waals surface area contributed by atoms with E-state index in [4.69, 9.17) is 24.4 Å². The second-order valence-corrected chi connectivity index (χ2v) is 2.28. The van der Waals surface area contributed by atoms with Crippen molar-refractivity contribution in [3.8, 4) is 0 Å². The molecule has 0 aromatic heterocycles. The van der Waals surface area contributed by atoms with Crippen LogP contribution in [0, 0.1) is 0 Å². The van der Waals surface area contributed by atoms with Crippen molar-refractivity contribution in [3.63, 3.8) is 0 Å². The maximum Gasteiger partial charge on any atom is 1.00 e. The Bertz CT molecular complexity index is 89.1. The molecule has 0 aromatic carbocycles. The molecule has 0 spiro atoms. The molecular weight excluding hydrogens is 326 g/mol. The van der Waals surface area contributed by atoms with Gasteiger partial charge in [0.15, 0.2) is 0 Å². The van der Waals surface area contributed by atoms with Gasteiger partial charge in [-0.15, -0.1) is 0 Å². The molecule has 0 aromatic rings. The molecule has 0 amide bonds. The minimum absolute atomic E-state index is 0. The number of hydrogen-bond acceptors (Lipinski definition) is 5. The molecule has 0 bridgehead atoms. The molecule has 0 unspecified atom stereocenters. The summed E-state index contributed by atoms with van der Waals surface area (Å²) in [5.74, 6) is 0. The second kappa shape index (κ2) is 20.9. The second-order valence-electron chi connectivity index (χ2n) is 2.28. The van der Waals surface area contributed by atoms with Gasteiger partial charge in [0.05, 0.1) is 52.9 Å². The van der Waals surface area contributed by atoms with Crippen molar-refractivity contribution in [3.05, 3.63) is 0 Å². The van der Waals surface area contributed by atoms with Gasteiger partial charge in [-0.05, 0) is 0 Å². The minimum atomic E-state index is 0. The Balaban J connectivity index is -0.000000720. The van der Waals surface area contributed by atoms with E-state index in [1.54, 1.807) is 0 Å². The Hall–Kier alpha value is 1.53. The van der Waals surface area contributed by atoms with E-state index in [-0.39, 0.29) is 66.7 Å². The van der Waals surface area contributed by atoms with Crippen LogP contribution in [0.1, 0.15) is 0 Å². The zero-order valence-electron chi connectivity index (χ0n) is 9.15. The van der Waals surface area contributed by atoms with Crippen molar-refractivity contribution < 1.29 is 78.0 Å². The van der Waals surface area contributed by atoms with Gasteiger partial charge in [-0.2, -0.15) is 0 Å². The molecule has 0 fully saturated rings. The first-order valence-corrected chi connectivity index (χ1v) is 4.36. The van der Waals surface area contributed by atoms with Crippen LogP contribution in [0.25, 0.3) is 0 Å². The maximum atomic E-state index is 8.36. The third-order valence-corrected chi connectivity index (χ3v) is 1.22. The van der Waals surface area contributed by atoms with Crippen molar-refractivity contribution >= 4 is 0 Å². The van der Waals surface area contributed by atoms with E-state index in [0.29, 0.717) is 39.6 Å². The molecule has 88 valence electrons. The van der Waals surface area contributed by atoms with Crippen molar-refractivity contribution in [2.75, 3.05) is 52.9 Å². The minimum Gasteiger partial charge on any atom is -1.00 e. The first-order valence-electron chi connectivity index (χ1n) is 4.36. The van der Waals surface area contributed by atoms with E-state index in [0.717, 1.165) is 0 Å². The van der Waals surface area contributed by atoms with E-state index in [2.05, 4.69) is 0 Å². The Morgan fingerprint density at radius 1 is 0.600 bits per heavy atom. The van der Waals surface area contributed by atoms with Crippen LogP contribution in [0.15, 0.2) is 0 Å². The first-order chi connectivity index (χ1) is 6.41. The molecule has 0 rings (SSSR count). The van der Waals surface area contributed by atoms with E-state index in [9.17, 15) is 0 Å². The van der Waals surface area contributed by atoms with Crippen molar-refractivity contribution in [2.24, 2.45) is 0 Å². The van der Waals surface area contributed by atoms with Crippen LogP contribution in [0.4, 0.5) is 0 Å². The standard InChI is InChI=1S/C8H18O5.HI.Na/c9-1-3-11-5-7-13-8-6-12-4-2-10;;/h9-10H,1-8H2;1H;/q;;+1/p-1. The van der Waals surface area contributed by atoms with Gasteiger partial charge in [0, 0.05) is 0 Å². The van der Waals surface area contributed by atoms with Crippen molar-refractivity contribution in [1.29, 1.82) is 0 Å². The topological polar surface area (TPSA) is 68.2 Å². The maximum absolute atomic E-state index is 8.36. The first kappa shape index (κ1) is 21.8. The molecule has 2 N–H and O–H groups in total. The number of halogens is 1. The molecule has 7 heteroatoms. The number of ether oxygens (including phenoxy) is 3. The van der Waals surface area contributed by atoms with Gasteiger partial charge in [-0.25, -0.2) is 0 Å². The fourth-order valence-corrected chi connectivity index (χ4v) is 0.671. The molecule has 0 saturated carbocycles. The van der Waals surface area contributed by atoms with Gasteiger partial charge in [0.25, 0.3) is 0 Å². The van der Waals surface area contributed by atoms with E-state index in [1.807, 2.05) is 0 Å². The van der Waals surface area contributed by atoms with E-state index < -0.39 is 0 Å². The Morgan fingerprint density at radius 2 is 0.867 bits per heavy atom. The summed E-state index contributed by atoms with van der Waals surface area (Å²) >= 11 is 0. The summed E-state index contributed by atoms with van der Waals surface area (Å²) in [5, 5.41) is 16.7. The van der Waals surface area contributed by atoms with Crippen LogP contribution in [-0.4, -0.2) is 63.1 Å². The SMILES string of the molecule is OCCOCCOCCOCCO.[I-].[Na+]. The van der Waals surface area contributed by atoms with Crippen molar-refractivity contribution in [1.82, 2.24) is 0 Å². The van der Waals surface area contributed by atoms with Crippen LogP contribution >= 0.6 is 0 Å². The zero-order valence-corrected chi connectivity index (χ0v) is 13.3. The number of aliphatic hydroxyl groups is 2. The zero-order chi connectivity index (χ0) is 9.78. The molecule has 0 aliphatic carbocycles. The number of rotatable bonds is 10. The fraction of sp³-hybridized carbons (Fsp3) is 1.00. The quantitative estimate of drug-likeness (QED) is 0.234. The van der Waals surface area contributed by atoms with Crippen LogP contribution in [0.2, 0.25) is 0 Å². The summed E-state index contributed by atoms with van der Waals surface area (Å²) in [6.45, 7) is 2.76.